The third kappa shape index (κ3) is 4.71. The number of amides is 1. The molecule has 0 aliphatic carbocycles. The molecule has 1 aromatic carbocycles. The van der Waals surface area contributed by atoms with E-state index in [1.165, 1.54) is 6.07 Å². The second kappa shape index (κ2) is 7.94. The number of ether oxygens (including phenoxy) is 1. The number of hydrogen-bond acceptors (Lipinski definition) is 5. The van der Waals surface area contributed by atoms with Crippen LogP contribution in [0.25, 0.3) is 0 Å². The summed E-state index contributed by atoms with van der Waals surface area (Å²) in [6.45, 7) is 1.44. The molecule has 7 nitrogen and oxygen atoms in total. The molecule has 0 aliphatic rings. The van der Waals surface area contributed by atoms with Crippen LogP contribution in [-0.2, 0) is 11.3 Å². The Morgan fingerprint density at radius 2 is 2.00 bits per heavy atom. The standard InChI is InChI=1S/C15H16N2O5/c18-15(13-7-8-14(22-13)17(19)20)16-9-4-10-21-11-12-5-2-1-3-6-12/h1-3,5-8H,4,9-11H2,(H,16,18). The zero-order valence-electron chi connectivity index (χ0n) is 11.9. The first-order valence-electron chi connectivity index (χ1n) is 6.81. The van der Waals surface area contributed by atoms with Gasteiger partial charge in [-0.25, -0.2) is 0 Å². The number of furan rings is 1. The van der Waals surface area contributed by atoms with Gasteiger partial charge in [0.25, 0.3) is 5.91 Å². The average Bonchev–Trinajstić information content (AvgIpc) is 3.02. The molecule has 116 valence electrons. The van der Waals surface area contributed by atoms with Gasteiger partial charge in [-0.05, 0) is 18.1 Å². The molecule has 0 radical (unpaired) electrons. The van der Waals surface area contributed by atoms with Crippen molar-refractivity contribution in [1.29, 1.82) is 0 Å². The molecule has 0 aliphatic heterocycles. The van der Waals surface area contributed by atoms with Gasteiger partial charge in [0, 0.05) is 13.2 Å². The maximum atomic E-state index is 11.7. The lowest BCUT2D eigenvalue weighted by Crippen LogP contribution is -2.24. The van der Waals surface area contributed by atoms with Crippen LogP contribution in [0.15, 0.2) is 46.9 Å². The molecular formula is C15H16N2O5. The highest BCUT2D eigenvalue weighted by Crippen LogP contribution is 2.15. The number of hydrogen-bond donors (Lipinski definition) is 1. The number of carbonyl (C=O) groups is 1. The van der Waals surface area contributed by atoms with E-state index in [1.54, 1.807) is 0 Å². The lowest BCUT2D eigenvalue weighted by Gasteiger charge is -2.05. The van der Waals surface area contributed by atoms with Crippen LogP contribution >= 0.6 is 0 Å². The van der Waals surface area contributed by atoms with Crippen LogP contribution in [0.3, 0.4) is 0 Å². The molecule has 2 aromatic rings. The van der Waals surface area contributed by atoms with Crippen LogP contribution in [0.4, 0.5) is 5.88 Å². The minimum absolute atomic E-state index is 0.0723. The highest BCUT2D eigenvalue weighted by molar-refractivity contribution is 5.91. The van der Waals surface area contributed by atoms with Crippen LogP contribution in [-0.4, -0.2) is 24.0 Å². The summed E-state index contributed by atoms with van der Waals surface area (Å²) in [6, 6.07) is 12.2. The van der Waals surface area contributed by atoms with E-state index in [2.05, 4.69) is 5.32 Å². The van der Waals surface area contributed by atoms with Gasteiger partial charge in [-0.3, -0.25) is 14.9 Å². The van der Waals surface area contributed by atoms with Gasteiger partial charge in [-0.1, -0.05) is 30.3 Å². The zero-order valence-corrected chi connectivity index (χ0v) is 11.9. The van der Waals surface area contributed by atoms with Crippen molar-refractivity contribution in [3.05, 3.63) is 63.9 Å². The van der Waals surface area contributed by atoms with Gasteiger partial charge in [0.15, 0.2) is 5.76 Å². The third-order valence-corrected chi connectivity index (χ3v) is 2.86. The molecule has 0 fully saturated rings. The molecule has 7 heteroatoms. The quantitative estimate of drug-likeness (QED) is 0.459. The molecule has 1 heterocycles. The SMILES string of the molecule is O=C(NCCCOCc1ccccc1)c1ccc([N+](=O)[O-])o1. The van der Waals surface area contributed by atoms with Crippen LogP contribution in [0, 0.1) is 10.1 Å². The van der Waals surface area contributed by atoms with Crippen LogP contribution in [0.1, 0.15) is 22.5 Å². The number of nitrogens with one attached hydrogen (secondary N) is 1. The maximum absolute atomic E-state index is 11.7. The minimum Gasteiger partial charge on any atom is -0.395 e. The summed E-state index contributed by atoms with van der Waals surface area (Å²) in [6.07, 6.45) is 0.640. The van der Waals surface area contributed by atoms with Gasteiger partial charge < -0.3 is 14.5 Å². The van der Waals surface area contributed by atoms with E-state index >= 15 is 0 Å². The fourth-order valence-corrected chi connectivity index (χ4v) is 1.78. The topological polar surface area (TPSA) is 94.6 Å². The molecule has 2 rings (SSSR count). The molecule has 1 amide bonds. The summed E-state index contributed by atoms with van der Waals surface area (Å²) in [5.41, 5.74) is 1.09. The third-order valence-electron chi connectivity index (χ3n) is 2.86. The largest absolute Gasteiger partial charge is 0.433 e. The molecule has 1 aromatic heterocycles. The van der Waals surface area contributed by atoms with Crippen molar-refractivity contribution >= 4 is 11.8 Å². The number of benzene rings is 1. The molecule has 0 bridgehead atoms. The van der Waals surface area contributed by atoms with Crippen molar-refractivity contribution in [1.82, 2.24) is 5.32 Å². The molecule has 0 atom stereocenters. The summed E-state index contributed by atoms with van der Waals surface area (Å²) in [5, 5.41) is 13.1. The Morgan fingerprint density at radius 3 is 2.68 bits per heavy atom. The smallest absolute Gasteiger partial charge is 0.395 e. The van der Waals surface area contributed by atoms with E-state index in [1.807, 2.05) is 30.3 Å². The molecule has 0 saturated heterocycles. The molecular weight excluding hydrogens is 288 g/mol. The Bertz CT molecular complexity index is 624. The first-order chi connectivity index (χ1) is 10.7. The van der Waals surface area contributed by atoms with Gasteiger partial charge in [0.2, 0.25) is 0 Å². The molecule has 0 unspecified atom stereocenters. The van der Waals surface area contributed by atoms with Crippen molar-refractivity contribution in [2.24, 2.45) is 0 Å². The zero-order chi connectivity index (χ0) is 15.8. The van der Waals surface area contributed by atoms with E-state index in [-0.39, 0.29) is 5.76 Å². The number of carbonyl (C=O) groups excluding carboxylic acids is 1. The van der Waals surface area contributed by atoms with Crippen molar-refractivity contribution in [2.45, 2.75) is 13.0 Å². The van der Waals surface area contributed by atoms with Gasteiger partial charge in [0.05, 0.1) is 12.7 Å². The normalized spacial score (nSPS) is 10.4. The summed E-state index contributed by atoms with van der Waals surface area (Å²) in [7, 11) is 0. The van der Waals surface area contributed by atoms with Crippen molar-refractivity contribution in [2.75, 3.05) is 13.2 Å². The fourth-order valence-electron chi connectivity index (χ4n) is 1.78. The van der Waals surface area contributed by atoms with E-state index in [0.29, 0.717) is 26.2 Å². The maximum Gasteiger partial charge on any atom is 0.433 e. The van der Waals surface area contributed by atoms with Crippen molar-refractivity contribution in [3.63, 3.8) is 0 Å². The Labute approximate surface area is 127 Å². The summed E-state index contributed by atoms with van der Waals surface area (Å²) in [4.78, 5) is 21.4. The fraction of sp³-hybridized carbons (Fsp3) is 0.267. The van der Waals surface area contributed by atoms with Crippen LogP contribution in [0.5, 0.6) is 0 Å². The van der Waals surface area contributed by atoms with Crippen molar-refractivity contribution in [3.8, 4) is 0 Å². The summed E-state index contributed by atoms with van der Waals surface area (Å²) < 4.78 is 10.3. The van der Waals surface area contributed by atoms with Gasteiger partial charge in [0.1, 0.15) is 4.92 Å². The first-order valence-corrected chi connectivity index (χ1v) is 6.81. The summed E-state index contributed by atoms with van der Waals surface area (Å²) >= 11 is 0. The second-order valence-electron chi connectivity index (χ2n) is 4.54. The van der Waals surface area contributed by atoms with Crippen LogP contribution in [0.2, 0.25) is 0 Å². The van der Waals surface area contributed by atoms with Crippen LogP contribution < -0.4 is 5.32 Å². The van der Waals surface area contributed by atoms with Gasteiger partial charge in [-0.15, -0.1) is 0 Å². The van der Waals surface area contributed by atoms with Gasteiger partial charge >= 0.3 is 5.88 Å². The van der Waals surface area contributed by atoms with E-state index < -0.39 is 16.7 Å². The monoisotopic (exact) mass is 304 g/mol. The lowest BCUT2D eigenvalue weighted by atomic mass is 10.2. The first kappa shape index (κ1) is 15.7. The highest BCUT2D eigenvalue weighted by Gasteiger charge is 2.16. The highest BCUT2D eigenvalue weighted by atomic mass is 16.6. The number of nitro groups is 1. The Hall–Kier alpha value is -2.67. The minimum atomic E-state index is -0.686. The Morgan fingerprint density at radius 1 is 1.23 bits per heavy atom. The number of nitrogens with zero attached hydrogens (tertiary/aromatic N) is 1. The molecule has 1 N–H and O–H groups in total. The predicted molar refractivity (Wildman–Crippen MR) is 78.4 cm³/mol. The summed E-state index contributed by atoms with van der Waals surface area (Å²) in [5.74, 6) is -0.996. The van der Waals surface area contributed by atoms with Gasteiger partial charge in [-0.2, -0.15) is 0 Å². The second-order valence-corrected chi connectivity index (χ2v) is 4.54. The molecule has 0 spiro atoms. The average molecular weight is 304 g/mol. The molecule has 22 heavy (non-hydrogen) atoms. The van der Waals surface area contributed by atoms with E-state index in [0.717, 1.165) is 11.6 Å². The molecule has 0 saturated carbocycles. The van der Waals surface area contributed by atoms with E-state index in [9.17, 15) is 14.9 Å². The Balaban J connectivity index is 1.62. The van der Waals surface area contributed by atoms with Crippen molar-refractivity contribution < 1.29 is 18.9 Å². The van der Waals surface area contributed by atoms with E-state index in [4.69, 9.17) is 9.15 Å². The number of rotatable bonds is 8. The Kier molecular flexibility index (Phi) is 5.67. The predicted octanol–water partition coefficient (Wildman–Crippen LogP) is 2.52. The lowest BCUT2D eigenvalue weighted by molar-refractivity contribution is -0.402.